The number of likely N-dealkylation sites (tertiary alicyclic amines) is 1. The molecule has 2 aromatic carbocycles. The van der Waals surface area contributed by atoms with Gasteiger partial charge in [-0.2, -0.15) is 9.61 Å². The van der Waals surface area contributed by atoms with Gasteiger partial charge in [0, 0.05) is 42.5 Å². The Hall–Kier alpha value is -3.36. The van der Waals surface area contributed by atoms with Gasteiger partial charge in [-0.15, -0.1) is 0 Å². The first-order chi connectivity index (χ1) is 17.1. The molecule has 178 valence electrons. The maximum absolute atomic E-state index is 10.4. The average molecular weight is 531 g/mol. The largest absolute Gasteiger partial charge is 0.507 e. The number of fused-ring (bicyclic) bond motifs is 2. The second kappa shape index (κ2) is 9.36. The number of phenols is 1. The van der Waals surface area contributed by atoms with E-state index in [1.54, 1.807) is 12.3 Å². The molecule has 3 N–H and O–H groups in total. The van der Waals surface area contributed by atoms with Gasteiger partial charge in [-0.05, 0) is 70.9 Å². The summed E-state index contributed by atoms with van der Waals surface area (Å²) in [5.74, 6) is 1.61. The van der Waals surface area contributed by atoms with Crippen LogP contribution in [0.1, 0.15) is 18.5 Å². The van der Waals surface area contributed by atoms with Crippen molar-refractivity contribution in [2.24, 2.45) is 5.92 Å². The lowest BCUT2D eigenvalue weighted by Crippen LogP contribution is -2.37. The van der Waals surface area contributed by atoms with Crippen LogP contribution in [0.15, 0.2) is 71.3 Å². The fourth-order valence-corrected chi connectivity index (χ4v) is 5.41. The van der Waals surface area contributed by atoms with Gasteiger partial charge >= 0.3 is 0 Å². The number of nitrogens with one attached hydrogen (secondary N) is 2. The number of rotatable bonds is 6. The van der Waals surface area contributed by atoms with E-state index in [0.29, 0.717) is 17.2 Å². The molecule has 1 unspecified atom stereocenters. The summed E-state index contributed by atoms with van der Waals surface area (Å²) in [4.78, 5) is 10.8. The first kappa shape index (κ1) is 22.1. The van der Waals surface area contributed by atoms with Crippen molar-refractivity contribution in [3.05, 3.63) is 77.0 Å². The molecule has 0 aliphatic carbocycles. The van der Waals surface area contributed by atoms with E-state index in [0.717, 1.165) is 42.1 Å². The van der Waals surface area contributed by atoms with Gasteiger partial charge in [0.1, 0.15) is 11.6 Å². The Morgan fingerprint density at radius 2 is 1.97 bits per heavy atom. The zero-order valence-electron chi connectivity index (χ0n) is 19.3. The third kappa shape index (κ3) is 4.51. The average Bonchev–Trinajstić information content (AvgIpc) is 3.46. The number of para-hydroxylation sites is 2. The number of hydrogen-bond donors (Lipinski definition) is 3. The molecule has 1 fully saturated rings. The van der Waals surface area contributed by atoms with Gasteiger partial charge in [-0.3, -0.25) is 4.90 Å². The molecule has 1 atom stereocenters. The van der Waals surface area contributed by atoms with Crippen molar-refractivity contribution >= 4 is 38.3 Å². The standard InChI is InChI=1S/C27H27BrN6O/c28-22-15-30-34-26(13-24(32-27(22)34)21-8-2-4-10-25(21)35)29-14-18-6-5-11-33(16-18)17-20-12-19-7-1-3-9-23(19)31-20/h1-4,7-10,12-13,15,18,29,31,35H,5-6,11,14,16-17H2. The summed E-state index contributed by atoms with van der Waals surface area (Å²) in [7, 11) is 0. The molecule has 4 heterocycles. The minimum absolute atomic E-state index is 0.214. The number of phenolic OH excluding ortho intramolecular Hbond substituents is 1. The lowest BCUT2D eigenvalue weighted by atomic mass is 9.98. The fraction of sp³-hybridized carbons (Fsp3) is 0.259. The van der Waals surface area contributed by atoms with E-state index in [1.807, 2.05) is 28.8 Å². The number of anilines is 1. The van der Waals surface area contributed by atoms with Crippen LogP contribution < -0.4 is 5.32 Å². The van der Waals surface area contributed by atoms with Crippen molar-refractivity contribution in [1.29, 1.82) is 0 Å². The van der Waals surface area contributed by atoms with Crippen LogP contribution in [0.3, 0.4) is 0 Å². The highest BCUT2D eigenvalue weighted by molar-refractivity contribution is 9.10. The Bertz CT molecular complexity index is 1460. The summed E-state index contributed by atoms with van der Waals surface area (Å²) in [6.07, 6.45) is 4.14. The van der Waals surface area contributed by atoms with E-state index in [9.17, 15) is 5.11 Å². The summed E-state index contributed by atoms with van der Waals surface area (Å²) in [5.41, 5.74) is 4.60. The molecule has 7 nitrogen and oxygen atoms in total. The van der Waals surface area contributed by atoms with Crippen molar-refractivity contribution in [3.8, 4) is 17.0 Å². The first-order valence-electron chi connectivity index (χ1n) is 12.0. The number of piperidine rings is 1. The van der Waals surface area contributed by atoms with Gasteiger partial charge < -0.3 is 15.4 Å². The molecular formula is C27H27BrN6O. The Balaban J connectivity index is 1.19. The zero-order chi connectivity index (χ0) is 23.8. The number of aromatic hydroxyl groups is 1. The minimum Gasteiger partial charge on any atom is -0.507 e. The highest BCUT2D eigenvalue weighted by atomic mass is 79.9. The van der Waals surface area contributed by atoms with Crippen LogP contribution in [0.25, 0.3) is 27.8 Å². The summed E-state index contributed by atoms with van der Waals surface area (Å²) in [6, 6.07) is 20.0. The molecular weight excluding hydrogens is 504 g/mol. The molecule has 0 radical (unpaired) electrons. The molecule has 0 saturated carbocycles. The predicted molar refractivity (Wildman–Crippen MR) is 143 cm³/mol. The second-order valence-corrected chi connectivity index (χ2v) is 10.1. The molecule has 5 aromatic rings. The lowest BCUT2D eigenvalue weighted by molar-refractivity contribution is 0.172. The Morgan fingerprint density at radius 3 is 2.86 bits per heavy atom. The summed E-state index contributed by atoms with van der Waals surface area (Å²) in [6.45, 7) is 3.95. The number of hydrogen-bond acceptors (Lipinski definition) is 5. The normalized spacial score (nSPS) is 16.8. The van der Waals surface area contributed by atoms with Crippen molar-refractivity contribution < 1.29 is 5.11 Å². The van der Waals surface area contributed by atoms with Crippen LogP contribution >= 0.6 is 15.9 Å². The minimum atomic E-state index is 0.214. The maximum atomic E-state index is 10.4. The highest BCUT2D eigenvalue weighted by Gasteiger charge is 2.21. The van der Waals surface area contributed by atoms with Crippen LogP contribution in [0.5, 0.6) is 5.75 Å². The van der Waals surface area contributed by atoms with Crippen LogP contribution in [0, 0.1) is 5.92 Å². The van der Waals surface area contributed by atoms with E-state index >= 15 is 0 Å². The molecule has 3 aromatic heterocycles. The zero-order valence-corrected chi connectivity index (χ0v) is 20.9. The topological polar surface area (TPSA) is 81.5 Å². The van der Waals surface area contributed by atoms with E-state index in [2.05, 4.69) is 66.6 Å². The molecule has 0 spiro atoms. The maximum Gasteiger partial charge on any atom is 0.172 e. The quantitative estimate of drug-likeness (QED) is 0.263. The molecule has 0 amide bonds. The Labute approximate surface area is 211 Å². The summed E-state index contributed by atoms with van der Waals surface area (Å²) < 4.78 is 2.64. The van der Waals surface area contributed by atoms with Crippen molar-refractivity contribution in [3.63, 3.8) is 0 Å². The number of H-pyrrole nitrogens is 1. The van der Waals surface area contributed by atoms with E-state index in [1.165, 1.54) is 29.4 Å². The van der Waals surface area contributed by atoms with Crippen LogP contribution in [-0.4, -0.2) is 49.2 Å². The number of halogens is 1. The van der Waals surface area contributed by atoms with E-state index in [4.69, 9.17) is 4.98 Å². The number of benzene rings is 2. The smallest absolute Gasteiger partial charge is 0.172 e. The summed E-state index contributed by atoms with van der Waals surface area (Å²) >= 11 is 3.56. The third-order valence-corrected chi connectivity index (χ3v) is 7.32. The monoisotopic (exact) mass is 530 g/mol. The Morgan fingerprint density at radius 1 is 1.11 bits per heavy atom. The number of nitrogens with zero attached hydrogens (tertiary/aromatic N) is 4. The molecule has 6 rings (SSSR count). The summed E-state index contributed by atoms with van der Waals surface area (Å²) in [5, 5.41) is 19.8. The first-order valence-corrected chi connectivity index (χ1v) is 12.8. The van der Waals surface area contributed by atoms with Crippen LogP contribution in [-0.2, 0) is 6.54 Å². The predicted octanol–water partition coefficient (Wildman–Crippen LogP) is 5.67. The van der Waals surface area contributed by atoms with Crippen LogP contribution in [0.4, 0.5) is 5.82 Å². The van der Waals surface area contributed by atoms with Gasteiger partial charge in [-0.1, -0.05) is 30.3 Å². The number of aromatic amines is 1. The van der Waals surface area contributed by atoms with Gasteiger partial charge in [-0.25, -0.2) is 4.98 Å². The molecule has 0 bridgehead atoms. The molecule has 8 heteroatoms. The Kier molecular flexibility index (Phi) is 5.91. The van der Waals surface area contributed by atoms with Gasteiger partial charge in [0.25, 0.3) is 0 Å². The number of aromatic nitrogens is 4. The molecule has 1 aliphatic heterocycles. The molecule has 1 saturated heterocycles. The second-order valence-electron chi connectivity index (χ2n) is 9.28. The molecule has 35 heavy (non-hydrogen) atoms. The fourth-order valence-electron chi connectivity index (χ4n) is 5.06. The lowest BCUT2D eigenvalue weighted by Gasteiger charge is -2.32. The van der Waals surface area contributed by atoms with Crippen molar-refractivity contribution in [2.75, 3.05) is 25.0 Å². The third-order valence-electron chi connectivity index (χ3n) is 6.76. The highest BCUT2D eigenvalue weighted by Crippen LogP contribution is 2.31. The van der Waals surface area contributed by atoms with Gasteiger partial charge in [0.05, 0.1) is 16.4 Å². The van der Waals surface area contributed by atoms with E-state index in [-0.39, 0.29) is 5.75 Å². The SMILES string of the molecule is Oc1ccccc1-c1cc(NCC2CCCN(Cc3cc4ccccc4[nH]3)C2)n2ncc(Br)c2n1. The van der Waals surface area contributed by atoms with Crippen molar-refractivity contribution in [1.82, 2.24) is 24.5 Å². The van der Waals surface area contributed by atoms with Gasteiger partial charge in [0.15, 0.2) is 5.65 Å². The van der Waals surface area contributed by atoms with E-state index < -0.39 is 0 Å². The molecule has 1 aliphatic rings. The van der Waals surface area contributed by atoms with Crippen LogP contribution in [0.2, 0.25) is 0 Å². The van der Waals surface area contributed by atoms with Gasteiger partial charge in [0.2, 0.25) is 0 Å². The van der Waals surface area contributed by atoms with Crippen molar-refractivity contribution in [2.45, 2.75) is 19.4 Å².